The highest BCUT2D eigenvalue weighted by atomic mass is 16.5. The van der Waals surface area contributed by atoms with Crippen molar-refractivity contribution in [3.05, 3.63) is 0 Å². The lowest BCUT2D eigenvalue weighted by Gasteiger charge is -2.12. The van der Waals surface area contributed by atoms with Gasteiger partial charge in [0.2, 0.25) is 5.91 Å². The standard InChI is InChI=1S/C8H14N2O5/c1-2-3-15-8(14)10-5(7(12)13)4-6(9)11/h5H,2-4H2,1H3,(H2,9,11)(H,10,14)(H,12,13)/t5-/m0/s1. The highest BCUT2D eigenvalue weighted by Gasteiger charge is 2.22. The SMILES string of the molecule is CCCOC(=O)N[C@@H](CC(N)=O)C(=O)O. The van der Waals surface area contributed by atoms with Gasteiger partial charge in [-0.25, -0.2) is 9.59 Å². The van der Waals surface area contributed by atoms with Gasteiger partial charge in [0.1, 0.15) is 6.04 Å². The molecular formula is C8H14N2O5. The maximum absolute atomic E-state index is 10.9. The molecule has 0 aliphatic rings. The molecular weight excluding hydrogens is 204 g/mol. The van der Waals surface area contributed by atoms with Gasteiger partial charge in [0.25, 0.3) is 0 Å². The van der Waals surface area contributed by atoms with Crippen LogP contribution in [0.25, 0.3) is 0 Å². The van der Waals surface area contributed by atoms with Gasteiger partial charge in [0.05, 0.1) is 13.0 Å². The van der Waals surface area contributed by atoms with Crippen LogP contribution in [0.15, 0.2) is 0 Å². The summed E-state index contributed by atoms with van der Waals surface area (Å²) in [5.74, 6) is -2.14. The fourth-order valence-corrected chi connectivity index (χ4v) is 0.780. The number of carboxylic acid groups (broad SMARTS) is 1. The molecule has 1 atom stereocenters. The molecule has 0 saturated heterocycles. The zero-order valence-electron chi connectivity index (χ0n) is 8.36. The smallest absolute Gasteiger partial charge is 0.407 e. The number of aliphatic carboxylic acids is 1. The molecule has 0 saturated carbocycles. The van der Waals surface area contributed by atoms with Crippen molar-refractivity contribution >= 4 is 18.0 Å². The minimum absolute atomic E-state index is 0.189. The molecule has 0 aromatic rings. The summed E-state index contributed by atoms with van der Waals surface area (Å²) in [6.07, 6.45) is -0.706. The largest absolute Gasteiger partial charge is 0.480 e. The van der Waals surface area contributed by atoms with E-state index in [2.05, 4.69) is 4.74 Å². The number of alkyl carbamates (subject to hydrolysis) is 1. The molecule has 7 nitrogen and oxygen atoms in total. The summed E-state index contributed by atoms with van der Waals surface area (Å²) < 4.78 is 4.59. The number of rotatable bonds is 6. The Balaban J connectivity index is 4.10. The topological polar surface area (TPSA) is 119 Å². The number of nitrogens with one attached hydrogen (secondary N) is 1. The van der Waals surface area contributed by atoms with Gasteiger partial charge in [0, 0.05) is 0 Å². The molecule has 0 heterocycles. The van der Waals surface area contributed by atoms with Crippen LogP contribution in [0.4, 0.5) is 4.79 Å². The molecule has 0 aliphatic heterocycles. The first kappa shape index (κ1) is 13.2. The van der Waals surface area contributed by atoms with Crippen LogP contribution < -0.4 is 11.1 Å². The lowest BCUT2D eigenvalue weighted by atomic mass is 10.2. The van der Waals surface area contributed by atoms with Crippen molar-refractivity contribution in [2.24, 2.45) is 5.73 Å². The van der Waals surface area contributed by atoms with Gasteiger partial charge < -0.3 is 20.9 Å². The molecule has 0 fully saturated rings. The molecule has 0 aliphatic carbocycles. The molecule has 7 heteroatoms. The Bertz CT molecular complexity index is 253. The minimum atomic E-state index is -1.34. The van der Waals surface area contributed by atoms with Crippen LogP contribution in [0.1, 0.15) is 19.8 Å². The first-order valence-electron chi connectivity index (χ1n) is 4.41. The first-order chi connectivity index (χ1) is 6.97. The number of hydrogen-bond acceptors (Lipinski definition) is 4. The number of carbonyl (C=O) groups excluding carboxylic acids is 2. The van der Waals surface area contributed by atoms with Gasteiger partial charge >= 0.3 is 12.1 Å². The third-order valence-electron chi connectivity index (χ3n) is 1.43. The van der Waals surface area contributed by atoms with Crippen molar-refractivity contribution in [2.45, 2.75) is 25.8 Å². The van der Waals surface area contributed by atoms with Crippen molar-refractivity contribution in [1.82, 2.24) is 5.32 Å². The summed E-state index contributed by atoms with van der Waals surface area (Å²) in [5, 5.41) is 10.6. The third-order valence-corrected chi connectivity index (χ3v) is 1.43. The van der Waals surface area contributed by atoms with E-state index in [0.29, 0.717) is 6.42 Å². The van der Waals surface area contributed by atoms with Crippen LogP contribution in [0.5, 0.6) is 0 Å². The Morgan fingerprint density at radius 1 is 1.47 bits per heavy atom. The number of primary amides is 1. The van der Waals surface area contributed by atoms with Crippen molar-refractivity contribution in [2.75, 3.05) is 6.61 Å². The Kier molecular flexibility index (Phi) is 5.84. The molecule has 0 aromatic heterocycles. The summed E-state index contributed by atoms with van der Waals surface area (Å²) in [5.41, 5.74) is 4.81. The van der Waals surface area contributed by atoms with Gasteiger partial charge in [-0.15, -0.1) is 0 Å². The van der Waals surface area contributed by atoms with Gasteiger partial charge in [-0.05, 0) is 6.42 Å². The predicted molar refractivity (Wildman–Crippen MR) is 50.0 cm³/mol. The van der Waals surface area contributed by atoms with Gasteiger partial charge in [-0.1, -0.05) is 6.92 Å². The summed E-state index contributed by atoms with van der Waals surface area (Å²) in [4.78, 5) is 32.0. The Hall–Kier alpha value is -1.79. The van der Waals surface area contributed by atoms with Crippen LogP contribution >= 0.6 is 0 Å². The highest BCUT2D eigenvalue weighted by Crippen LogP contribution is 1.93. The van der Waals surface area contributed by atoms with Crippen molar-refractivity contribution in [1.29, 1.82) is 0 Å². The van der Waals surface area contributed by atoms with E-state index in [1.54, 1.807) is 6.92 Å². The molecule has 15 heavy (non-hydrogen) atoms. The fraction of sp³-hybridized carbons (Fsp3) is 0.625. The maximum atomic E-state index is 10.9. The van der Waals surface area contributed by atoms with Crippen molar-refractivity contribution < 1.29 is 24.2 Å². The monoisotopic (exact) mass is 218 g/mol. The van der Waals surface area contributed by atoms with E-state index >= 15 is 0 Å². The normalized spacial score (nSPS) is 11.5. The molecule has 0 aromatic carbocycles. The van der Waals surface area contributed by atoms with Crippen LogP contribution in [-0.4, -0.2) is 35.7 Å². The van der Waals surface area contributed by atoms with E-state index in [-0.39, 0.29) is 6.61 Å². The molecule has 0 radical (unpaired) electrons. The summed E-state index contributed by atoms with van der Waals surface area (Å²) in [7, 11) is 0. The summed E-state index contributed by atoms with van der Waals surface area (Å²) in [6, 6.07) is -1.34. The van der Waals surface area contributed by atoms with Gasteiger partial charge in [-0.3, -0.25) is 4.79 Å². The van der Waals surface area contributed by atoms with Crippen LogP contribution in [-0.2, 0) is 14.3 Å². The number of carboxylic acids is 1. The number of ether oxygens (including phenoxy) is 1. The molecule has 86 valence electrons. The lowest BCUT2D eigenvalue weighted by Crippen LogP contribution is -2.43. The summed E-state index contributed by atoms with van der Waals surface area (Å²) in [6.45, 7) is 1.99. The molecule has 0 bridgehead atoms. The van der Waals surface area contributed by atoms with E-state index in [1.165, 1.54) is 0 Å². The van der Waals surface area contributed by atoms with Crippen molar-refractivity contribution in [3.8, 4) is 0 Å². The zero-order chi connectivity index (χ0) is 11.8. The number of hydrogen-bond donors (Lipinski definition) is 3. The maximum Gasteiger partial charge on any atom is 0.407 e. The molecule has 0 spiro atoms. The van der Waals surface area contributed by atoms with Crippen LogP contribution in [0.2, 0.25) is 0 Å². The summed E-state index contributed by atoms with van der Waals surface area (Å²) >= 11 is 0. The van der Waals surface area contributed by atoms with Crippen LogP contribution in [0.3, 0.4) is 0 Å². The van der Waals surface area contributed by atoms with Gasteiger partial charge in [-0.2, -0.15) is 0 Å². The Morgan fingerprint density at radius 2 is 2.07 bits per heavy atom. The molecule has 0 rings (SSSR count). The molecule has 4 N–H and O–H groups in total. The highest BCUT2D eigenvalue weighted by molar-refractivity contribution is 5.86. The Morgan fingerprint density at radius 3 is 2.47 bits per heavy atom. The van der Waals surface area contributed by atoms with Gasteiger partial charge in [0.15, 0.2) is 0 Å². The first-order valence-corrected chi connectivity index (χ1v) is 4.41. The molecule has 0 unspecified atom stereocenters. The number of nitrogens with two attached hydrogens (primary N) is 1. The average Bonchev–Trinajstić information content (AvgIpc) is 2.12. The van der Waals surface area contributed by atoms with E-state index in [0.717, 1.165) is 0 Å². The predicted octanol–water partition coefficient (Wildman–Crippen LogP) is -0.549. The van der Waals surface area contributed by atoms with E-state index in [4.69, 9.17) is 10.8 Å². The average molecular weight is 218 g/mol. The van der Waals surface area contributed by atoms with Crippen molar-refractivity contribution in [3.63, 3.8) is 0 Å². The second kappa shape index (κ2) is 6.63. The second-order valence-corrected chi connectivity index (χ2v) is 2.84. The van der Waals surface area contributed by atoms with E-state index < -0.39 is 30.4 Å². The lowest BCUT2D eigenvalue weighted by molar-refractivity contribution is -0.141. The Labute approximate surface area is 86.6 Å². The number of amides is 2. The second-order valence-electron chi connectivity index (χ2n) is 2.84. The van der Waals surface area contributed by atoms with E-state index in [9.17, 15) is 14.4 Å². The molecule has 2 amide bonds. The van der Waals surface area contributed by atoms with E-state index in [1.807, 2.05) is 5.32 Å². The number of carbonyl (C=O) groups is 3. The quantitative estimate of drug-likeness (QED) is 0.552. The minimum Gasteiger partial charge on any atom is -0.480 e. The third kappa shape index (κ3) is 6.30. The fourth-order valence-electron chi connectivity index (χ4n) is 0.780. The van der Waals surface area contributed by atoms with Crippen LogP contribution in [0, 0.1) is 0 Å². The zero-order valence-corrected chi connectivity index (χ0v) is 8.36.